The van der Waals surface area contributed by atoms with Gasteiger partial charge in [0.1, 0.15) is 5.82 Å². The van der Waals surface area contributed by atoms with Gasteiger partial charge in [0, 0.05) is 11.1 Å². The zero-order valence-electron chi connectivity index (χ0n) is 13.2. The molecule has 0 unspecified atom stereocenters. The molecule has 1 nitrogen and oxygen atoms in total. The fourth-order valence-electron chi connectivity index (χ4n) is 2.56. The van der Waals surface area contributed by atoms with Crippen LogP contribution < -0.4 is 4.74 Å². The second-order valence-electron chi connectivity index (χ2n) is 5.50. The van der Waals surface area contributed by atoms with Crippen molar-refractivity contribution in [2.45, 2.75) is 6.92 Å². The van der Waals surface area contributed by atoms with Crippen molar-refractivity contribution >= 4 is 0 Å². The van der Waals surface area contributed by atoms with Crippen molar-refractivity contribution in [3.05, 3.63) is 77.6 Å². The first-order valence-corrected chi connectivity index (χ1v) is 7.40. The van der Waals surface area contributed by atoms with E-state index >= 15 is 0 Å². The number of aryl methyl sites for hydroxylation is 1. The standard InChI is InChI=1S/C20H15F3O/c1-12-3-5-13(6-4-12)15-8-7-14(11-17(15)21)16-9-10-18(24-2)20(23)19(16)22/h3-11H,1-2H3. The van der Waals surface area contributed by atoms with E-state index in [1.165, 1.54) is 25.3 Å². The lowest BCUT2D eigenvalue weighted by molar-refractivity contribution is 0.372. The lowest BCUT2D eigenvalue weighted by Gasteiger charge is -2.10. The topological polar surface area (TPSA) is 9.23 Å². The van der Waals surface area contributed by atoms with Gasteiger partial charge in [0.2, 0.25) is 5.82 Å². The van der Waals surface area contributed by atoms with Gasteiger partial charge in [-0.05, 0) is 36.2 Å². The summed E-state index contributed by atoms with van der Waals surface area (Å²) in [7, 11) is 1.26. The van der Waals surface area contributed by atoms with Gasteiger partial charge in [-0.15, -0.1) is 0 Å². The summed E-state index contributed by atoms with van der Waals surface area (Å²) in [4.78, 5) is 0. The summed E-state index contributed by atoms with van der Waals surface area (Å²) < 4.78 is 47.2. The third-order valence-corrected chi connectivity index (χ3v) is 3.91. The Labute approximate surface area is 138 Å². The normalized spacial score (nSPS) is 10.7. The molecule has 0 amide bonds. The van der Waals surface area contributed by atoms with Crippen LogP contribution in [0.2, 0.25) is 0 Å². The Morgan fingerprint density at radius 2 is 1.33 bits per heavy atom. The fourth-order valence-corrected chi connectivity index (χ4v) is 2.56. The lowest BCUT2D eigenvalue weighted by Crippen LogP contribution is -1.95. The Morgan fingerprint density at radius 3 is 1.96 bits per heavy atom. The van der Waals surface area contributed by atoms with E-state index in [9.17, 15) is 13.2 Å². The van der Waals surface area contributed by atoms with Crippen molar-refractivity contribution in [2.24, 2.45) is 0 Å². The highest BCUT2D eigenvalue weighted by Gasteiger charge is 2.16. The summed E-state index contributed by atoms with van der Waals surface area (Å²) >= 11 is 0. The van der Waals surface area contributed by atoms with Crippen LogP contribution in [0.4, 0.5) is 13.2 Å². The molecule has 0 heterocycles. The lowest BCUT2D eigenvalue weighted by atomic mass is 9.98. The molecule has 3 aromatic carbocycles. The smallest absolute Gasteiger partial charge is 0.201 e. The number of rotatable bonds is 3. The molecule has 4 heteroatoms. The van der Waals surface area contributed by atoms with E-state index in [0.717, 1.165) is 11.1 Å². The van der Waals surface area contributed by atoms with Gasteiger partial charge in [-0.25, -0.2) is 8.78 Å². The predicted molar refractivity (Wildman–Crippen MR) is 88.5 cm³/mol. The third kappa shape index (κ3) is 2.87. The SMILES string of the molecule is COc1ccc(-c2ccc(-c3ccc(C)cc3)c(F)c2)c(F)c1F. The molecule has 122 valence electrons. The molecule has 0 aliphatic heterocycles. The van der Waals surface area contributed by atoms with E-state index in [0.29, 0.717) is 5.56 Å². The molecule has 3 rings (SSSR count). The fraction of sp³-hybridized carbons (Fsp3) is 0.100. The van der Waals surface area contributed by atoms with Gasteiger partial charge >= 0.3 is 0 Å². The Balaban J connectivity index is 2.04. The van der Waals surface area contributed by atoms with Gasteiger partial charge < -0.3 is 4.74 Å². The summed E-state index contributed by atoms with van der Waals surface area (Å²) in [5.41, 5.74) is 2.47. The number of methoxy groups -OCH3 is 1. The molecule has 24 heavy (non-hydrogen) atoms. The molecule has 0 radical (unpaired) electrons. The van der Waals surface area contributed by atoms with Gasteiger partial charge in [-0.2, -0.15) is 4.39 Å². The average molecular weight is 328 g/mol. The molecule has 3 aromatic rings. The zero-order chi connectivity index (χ0) is 17.3. The van der Waals surface area contributed by atoms with E-state index in [-0.39, 0.29) is 16.9 Å². The molecule has 0 aromatic heterocycles. The van der Waals surface area contributed by atoms with Crippen LogP contribution in [0, 0.1) is 24.4 Å². The van der Waals surface area contributed by atoms with E-state index < -0.39 is 17.5 Å². The highest BCUT2D eigenvalue weighted by Crippen LogP contribution is 2.32. The van der Waals surface area contributed by atoms with Crippen LogP contribution >= 0.6 is 0 Å². The second kappa shape index (κ2) is 6.40. The van der Waals surface area contributed by atoms with Crippen molar-refractivity contribution < 1.29 is 17.9 Å². The highest BCUT2D eigenvalue weighted by molar-refractivity contribution is 5.72. The number of hydrogen-bond acceptors (Lipinski definition) is 1. The van der Waals surface area contributed by atoms with Crippen LogP contribution in [-0.2, 0) is 0 Å². The van der Waals surface area contributed by atoms with Crippen molar-refractivity contribution in [2.75, 3.05) is 7.11 Å². The maximum atomic E-state index is 14.5. The molecule has 0 bridgehead atoms. The molecule has 0 saturated carbocycles. The number of hydrogen-bond donors (Lipinski definition) is 0. The van der Waals surface area contributed by atoms with Crippen LogP contribution in [0.5, 0.6) is 5.75 Å². The summed E-state index contributed by atoms with van der Waals surface area (Å²) in [6.45, 7) is 1.95. The minimum absolute atomic E-state index is 0.0114. The van der Waals surface area contributed by atoms with E-state index in [1.54, 1.807) is 12.1 Å². The quantitative estimate of drug-likeness (QED) is 0.594. The molecule has 0 fully saturated rings. The van der Waals surface area contributed by atoms with Crippen molar-refractivity contribution in [3.63, 3.8) is 0 Å². The van der Waals surface area contributed by atoms with E-state index in [1.807, 2.05) is 31.2 Å². The van der Waals surface area contributed by atoms with Crippen LogP contribution in [0.3, 0.4) is 0 Å². The maximum Gasteiger partial charge on any atom is 0.201 e. The van der Waals surface area contributed by atoms with Crippen LogP contribution in [0.15, 0.2) is 54.6 Å². The van der Waals surface area contributed by atoms with Crippen LogP contribution in [0.1, 0.15) is 5.56 Å². The minimum atomic E-state index is -1.09. The summed E-state index contributed by atoms with van der Waals surface area (Å²) in [6, 6.07) is 14.5. The zero-order valence-corrected chi connectivity index (χ0v) is 13.2. The van der Waals surface area contributed by atoms with E-state index in [2.05, 4.69) is 0 Å². The number of benzene rings is 3. The Kier molecular flexibility index (Phi) is 4.30. The van der Waals surface area contributed by atoms with Crippen molar-refractivity contribution in [1.82, 2.24) is 0 Å². The first-order valence-electron chi connectivity index (χ1n) is 7.40. The molecule has 0 N–H and O–H groups in total. The van der Waals surface area contributed by atoms with Crippen LogP contribution in [-0.4, -0.2) is 7.11 Å². The van der Waals surface area contributed by atoms with E-state index in [4.69, 9.17) is 4.74 Å². The van der Waals surface area contributed by atoms with Gasteiger partial charge in [0.15, 0.2) is 11.6 Å². The van der Waals surface area contributed by atoms with Gasteiger partial charge in [-0.1, -0.05) is 42.0 Å². The summed E-state index contributed by atoms with van der Waals surface area (Å²) in [6.07, 6.45) is 0. The largest absolute Gasteiger partial charge is 0.494 e. The van der Waals surface area contributed by atoms with Crippen LogP contribution in [0.25, 0.3) is 22.3 Å². The molecule has 0 aliphatic carbocycles. The molecule has 0 spiro atoms. The molecular weight excluding hydrogens is 313 g/mol. The van der Waals surface area contributed by atoms with Gasteiger partial charge in [-0.3, -0.25) is 0 Å². The minimum Gasteiger partial charge on any atom is -0.494 e. The van der Waals surface area contributed by atoms with Gasteiger partial charge in [0.05, 0.1) is 7.11 Å². The summed E-state index contributed by atoms with van der Waals surface area (Å²) in [5, 5.41) is 0. The molecule has 0 atom stereocenters. The second-order valence-corrected chi connectivity index (χ2v) is 5.50. The predicted octanol–water partition coefficient (Wildman–Crippen LogP) is 5.75. The Morgan fingerprint density at radius 1 is 0.708 bits per heavy atom. The maximum absolute atomic E-state index is 14.5. The molecule has 0 saturated heterocycles. The number of halogens is 3. The highest BCUT2D eigenvalue weighted by atomic mass is 19.2. The first kappa shape index (κ1) is 16.1. The molecular formula is C20H15F3O. The molecule has 0 aliphatic rings. The summed E-state index contributed by atoms with van der Waals surface area (Å²) in [5.74, 6) is -2.82. The number of ether oxygens (including phenoxy) is 1. The third-order valence-electron chi connectivity index (χ3n) is 3.91. The Hall–Kier alpha value is -2.75. The first-order chi connectivity index (χ1) is 11.5. The van der Waals surface area contributed by atoms with Crippen molar-refractivity contribution in [3.8, 4) is 28.0 Å². The monoisotopic (exact) mass is 328 g/mol. The Bertz CT molecular complexity index is 886. The van der Waals surface area contributed by atoms with Crippen molar-refractivity contribution in [1.29, 1.82) is 0 Å². The average Bonchev–Trinajstić information content (AvgIpc) is 2.58. The van der Waals surface area contributed by atoms with Gasteiger partial charge in [0.25, 0.3) is 0 Å².